The van der Waals surface area contributed by atoms with Crippen molar-refractivity contribution in [2.75, 3.05) is 6.61 Å². The SMILES string of the molecule is CCCCCOc1ccc2c(c1)C(=O)c1cc(CCc3ccc(OC(C)=O)cc3)ccc1-2. The molecule has 0 aromatic heterocycles. The molecule has 0 heterocycles. The number of ketones is 1. The van der Waals surface area contributed by atoms with Crippen LogP contribution < -0.4 is 9.47 Å². The summed E-state index contributed by atoms with van der Waals surface area (Å²) in [4.78, 5) is 24.1. The summed E-state index contributed by atoms with van der Waals surface area (Å²) < 4.78 is 10.9. The Balaban J connectivity index is 1.43. The van der Waals surface area contributed by atoms with Crippen LogP contribution in [0, 0.1) is 0 Å². The maximum absolute atomic E-state index is 13.1. The summed E-state index contributed by atoms with van der Waals surface area (Å²) in [6.45, 7) is 4.24. The smallest absolute Gasteiger partial charge is 0.308 e. The Hall–Kier alpha value is -3.40. The monoisotopic (exact) mass is 428 g/mol. The summed E-state index contributed by atoms with van der Waals surface area (Å²) in [7, 11) is 0. The van der Waals surface area contributed by atoms with Gasteiger partial charge in [0.1, 0.15) is 11.5 Å². The molecule has 0 atom stereocenters. The predicted molar refractivity (Wildman–Crippen MR) is 125 cm³/mol. The van der Waals surface area contributed by atoms with Crippen molar-refractivity contribution in [3.05, 3.63) is 82.9 Å². The Morgan fingerprint density at radius 2 is 1.38 bits per heavy atom. The number of rotatable bonds is 9. The van der Waals surface area contributed by atoms with Crippen LogP contribution in [-0.2, 0) is 17.6 Å². The topological polar surface area (TPSA) is 52.6 Å². The van der Waals surface area contributed by atoms with Crippen LogP contribution in [0.3, 0.4) is 0 Å². The molecule has 4 rings (SSSR count). The standard InChI is InChI=1S/C28H28O4/c1-3-4-5-16-31-23-13-15-25-24-14-10-21(17-26(24)28(30)27(25)18-23)7-6-20-8-11-22(12-9-20)32-19(2)29/h8-15,17-18H,3-7,16H2,1-2H3. The first-order chi connectivity index (χ1) is 15.5. The third kappa shape index (κ3) is 4.91. The zero-order valence-electron chi connectivity index (χ0n) is 18.6. The van der Waals surface area contributed by atoms with E-state index < -0.39 is 0 Å². The molecule has 0 saturated carbocycles. The molecule has 3 aromatic rings. The lowest BCUT2D eigenvalue weighted by Crippen LogP contribution is -2.01. The Bertz CT molecular complexity index is 1130. The fourth-order valence-electron chi connectivity index (χ4n) is 4.07. The highest BCUT2D eigenvalue weighted by Gasteiger charge is 2.27. The molecule has 4 nitrogen and oxygen atoms in total. The quantitative estimate of drug-likeness (QED) is 0.182. The van der Waals surface area contributed by atoms with Crippen LogP contribution in [0.4, 0.5) is 0 Å². The van der Waals surface area contributed by atoms with Crippen LogP contribution in [0.5, 0.6) is 11.5 Å². The van der Waals surface area contributed by atoms with E-state index in [2.05, 4.69) is 19.1 Å². The van der Waals surface area contributed by atoms with Crippen molar-refractivity contribution in [3.8, 4) is 22.6 Å². The Morgan fingerprint density at radius 3 is 2.09 bits per heavy atom. The number of benzene rings is 3. The van der Waals surface area contributed by atoms with Gasteiger partial charge >= 0.3 is 5.97 Å². The number of hydrogen-bond donors (Lipinski definition) is 0. The fourth-order valence-corrected chi connectivity index (χ4v) is 4.07. The molecule has 1 aliphatic rings. The first-order valence-corrected chi connectivity index (χ1v) is 11.3. The van der Waals surface area contributed by atoms with Gasteiger partial charge in [0, 0.05) is 18.1 Å². The molecule has 0 saturated heterocycles. The highest BCUT2D eigenvalue weighted by atomic mass is 16.5. The van der Waals surface area contributed by atoms with Crippen LogP contribution >= 0.6 is 0 Å². The molecule has 0 radical (unpaired) electrons. The second kappa shape index (κ2) is 9.82. The molecular weight excluding hydrogens is 400 g/mol. The third-order valence-electron chi connectivity index (χ3n) is 5.76. The van der Waals surface area contributed by atoms with E-state index >= 15 is 0 Å². The maximum Gasteiger partial charge on any atom is 0.308 e. The third-order valence-corrected chi connectivity index (χ3v) is 5.76. The molecule has 0 spiro atoms. The molecule has 0 fully saturated rings. The fraction of sp³-hybridized carbons (Fsp3) is 0.286. The molecule has 0 bridgehead atoms. The number of unbranched alkanes of at least 4 members (excludes halogenated alkanes) is 2. The first-order valence-electron chi connectivity index (χ1n) is 11.3. The number of fused-ring (bicyclic) bond motifs is 3. The summed E-state index contributed by atoms with van der Waals surface area (Å²) in [5, 5.41) is 0. The number of ether oxygens (including phenoxy) is 2. The number of carbonyl (C=O) groups excluding carboxylic acids is 2. The molecule has 3 aromatic carbocycles. The lowest BCUT2D eigenvalue weighted by molar-refractivity contribution is -0.131. The van der Waals surface area contributed by atoms with Gasteiger partial charge in [0.2, 0.25) is 0 Å². The minimum absolute atomic E-state index is 0.0709. The zero-order chi connectivity index (χ0) is 22.5. The second-order valence-corrected chi connectivity index (χ2v) is 8.21. The average molecular weight is 429 g/mol. The normalized spacial score (nSPS) is 11.8. The Kier molecular flexibility index (Phi) is 6.69. The van der Waals surface area contributed by atoms with Crippen molar-refractivity contribution < 1.29 is 19.1 Å². The predicted octanol–water partition coefficient (Wildman–Crippen LogP) is 6.18. The first kappa shape index (κ1) is 21.8. The van der Waals surface area contributed by atoms with Gasteiger partial charge in [-0.25, -0.2) is 0 Å². The van der Waals surface area contributed by atoms with Crippen molar-refractivity contribution in [2.45, 2.75) is 46.0 Å². The minimum Gasteiger partial charge on any atom is -0.494 e. The number of aryl methyl sites for hydroxylation is 2. The summed E-state index contributed by atoms with van der Waals surface area (Å²) >= 11 is 0. The van der Waals surface area contributed by atoms with E-state index in [0.29, 0.717) is 12.4 Å². The van der Waals surface area contributed by atoms with Crippen LogP contribution in [0.2, 0.25) is 0 Å². The van der Waals surface area contributed by atoms with Gasteiger partial charge in [0.25, 0.3) is 0 Å². The van der Waals surface area contributed by atoms with E-state index in [9.17, 15) is 9.59 Å². The van der Waals surface area contributed by atoms with Crippen LogP contribution in [0.1, 0.15) is 60.2 Å². The van der Waals surface area contributed by atoms with Crippen molar-refractivity contribution >= 4 is 11.8 Å². The summed E-state index contributed by atoms with van der Waals surface area (Å²) in [6.07, 6.45) is 5.00. The van der Waals surface area contributed by atoms with Crippen molar-refractivity contribution in [1.29, 1.82) is 0 Å². The number of hydrogen-bond acceptors (Lipinski definition) is 4. The van der Waals surface area contributed by atoms with Crippen LogP contribution in [0.15, 0.2) is 60.7 Å². The molecule has 0 unspecified atom stereocenters. The minimum atomic E-state index is -0.322. The van der Waals surface area contributed by atoms with E-state index in [1.165, 1.54) is 6.92 Å². The van der Waals surface area contributed by atoms with Gasteiger partial charge in [-0.2, -0.15) is 0 Å². The number of carbonyl (C=O) groups is 2. The van der Waals surface area contributed by atoms with Gasteiger partial charge < -0.3 is 9.47 Å². The molecule has 164 valence electrons. The lowest BCUT2D eigenvalue weighted by atomic mass is 9.99. The van der Waals surface area contributed by atoms with Gasteiger partial charge in [-0.1, -0.05) is 44.0 Å². The highest BCUT2D eigenvalue weighted by molar-refractivity contribution is 6.21. The summed E-state index contributed by atoms with van der Waals surface area (Å²) in [6, 6.07) is 19.6. The second-order valence-electron chi connectivity index (χ2n) is 8.21. The zero-order valence-corrected chi connectivity index (χ0v) is 18.6. The van der Waals surface area contributed by atoms with Gasteiger partial charge in [-0.3, -0.25) is 9.59 Å². The lowest BCUT2D eigenvalue weighted by Gasteiger charge is -2.07. The average Bonchev–Trinajstić information content (AvgIpc) is 3.07. The summed E-state index contributed by atoms with van der Waals surface area (Å²) in [5.74, 6) is 1.06. The van der Waals surface area contributed by atoms with Crippen molar-refractivity contribution in [3.63, 3.8) is 0 Å². The van der Waals surface area contributed by atoms with Crippen LogP contribution in [-0.4, -0.2) is 18.4 Å². The molecule has 32 heavy (non-hydrogen) atoms. The maximum atomic E-state index is 13.1. The number of esters is 1. The van der Waals surface area contributed by atoms with E-state index in [-0.39, 0.29) is 11.8 Å². The van der Waals surface area contributed by atoms with Gasteiger partial charge in [-0.15, -0.1) is 0 Å². The summed E-state index contributed by atoms with van der Waals surface area (Å²) in [5.41, 5.74) is 5.76. The molecule has 0 N–H and O–H groups in total. The van der Waals surface area contributed by atoms with Gasteiger partial charge in [0.15, 0.2) is 5.78 Å². The van der Waals surface area contributed by atoms with Gasteiger partial charge in [0.05, 0.1) is 6.61 Å². The largest absolute Gasteiger partial charge is 0.494 e. The molecule has 1 aliphatic carbocycles. The van der Waals surface area contributed by atoms with E-state index in [4.69, 9.17) is 9.47 Å². The van der Waals surface area contributed by atoms with Crippen molar-refractivity contribution in [1.82, 2.24) is 0 Å². The Morgan fingerprint density at radius 1 is 0.750 bits per heavy atom. The van der Waals surface area contributed by atoms with E-state index in [0.717, 1.165) is 71.2 Å². The molecule has 0 amide bonds. The van der Waals surface area contributed by atoms with Crippen molar-refractivity contribution in [2.24, 2.45) is 0 Å². The molecule has 4 heteroatoms. The van der Waals surface area contributed by atoms with E-state index in [1.54, 1.807) is 0 Å². The van der Waals surface area contributed by atoms with E-state index in [1.807, 2.05) is 48.5 Å². The van der Waals surface area contributed by atoms with Gasteiger partial charge in [-0.05, 0) is 77.9 Å². The van der Waals surface area contributed by atoms with Crippen LogP contribution in [0.25, 0.3) is 11.1 Å². The molecule has 0 aliphatic heterocycles. The Labute approximate surface area is 189 Å². The molecular formula is C28H28O4. The highest BCUT2D eigenvalue weighted by Crippen LogP contribution is 2.39.